The van der Waals surface area contributed by atoms with E-state index in [0.29, 0.717) is 12.8 Å². The summed E-state index contributed by atoms with van der Waals surface area (Å²) in [6, 6.07) is 5.61. The van der Waals surface area contributed by atoms with Gasteiger partial charge >= 0.3 is 6.18 Å². The van der Waals surface area contributed by atoms with Gasteiger partial charge in [0.1, 0.15) is 5.41 Å². The van der Waals surface area contributed by atoms with Crippen molar-refractivity contribution in [2.24, 2.45) is 11.3 Å². The summed E-state index contributed by atoms with van der Waals surface area (Å²) in [6.07, 6.45) is -3.59. The van der Waals surface area contributed by atoms with E-state index in [-0.39, 0.29) is 17.2 Å². The summed E-state index contributed by atoms with van der Waals surface area (Å²) >= 11 is 0. The minimum atomic E-state index is -4.47. The highest BCUT2D eigenvalue weighted by atomic mass is 19.4. The molecule has 0 heterocycles. The smallest absolute Gasteiger partial charge is 0.325 e. The first-order chi connectivity index (χ1) is 9.68. The molecule has 112 valence electrons. The Kier molecular flexibility index (Phi) is 3.70. The molecule has 0 atom stereocenters. The van der Waals surface area contributed by atoms with Gasteiger partial charge in [0.2, 0.25) is 5.91 Å². The quantitative estimate of drug-likeness (QED) is 0.900. The first-order valence-corrected chi connectivity index (χ1v) is 6.58. The maximum Gasteiger partial charge on any atom is 0.416 e. The molecule has 1 saturated carbocycles. The molecule has 1 aliphatic rings. The van der Waals surface area contributed by atoms with Crippen molar-refractivity contribution in [1.29, 1.82) is 5.26 Å². The first kappa shape index (κ1) is 15.4. The van der Waals surface area contributed by atoms with Gasteiger partial charge in [-0.1, -0.05) is 13.0 Å². The molecule has 0 saturated heterocycles. The van der Waals surface area contributed by atoms with Crippen molar-refractivity contribution in [2.75, 3.05) is 5.32 Å². The van der Waals surface area contributed by atoms with Crippen LogP contribution in [0.2, 0.25) is 0 Å². The molecular formula is C15H15F3N2O. The zero-order chi connectivity index (χ0) is 15.8. The van der Waals surface area contributed by atoms with Crippen LogP contribution >= 0.6 is 0 Å². The van der Waals surface area contributed by atoms with Crippen molar-refractivity contribution < 1.29 is 18.0 Å². The molecule has 1 amide bonds. The van der Waals surface area contributed by atoms with Gasteiger partial charge < -0.3 is 5.32 Å². The molecule has 1 aliphatic carbocycles. The average molecular weight is 296 g/mol. The number of nitrogens with one attached hydrogen (secondary N) is 1. The van der Waals surface area contributed by atoms with Crippen LogP contribution in [0.3, 0.4) is 0 Å². The Morgan fingerprint density at radius 2 is 2.05 bits per heavy atom. The van der Waals surface area contributed by atoms with Gasteiger partial charge in [-0.3, -0.25) is 4.79 Å². The monoisotopic (exact) mass is 296 g/mol. The number of benzene rings is 1. The summed E-state index contributed by atoms with van der Waals surface area (Å²) in [4.78, 5) is 12.1. The second kappa shape index (κ2) is 5.06. The lowest BCUT2D eigenvalue weighted by atomic mass is 9.63. The maximum atomic E-state index is 12.8. The Labute approximate surface area is 120 Å². The minimum absolute atomic E-state index is 0.0621. The fourth-order valence-electron chi connectivity index (χ4n) is 2.71. The summed E-state index contributed by atoms with van der Waals surface area (Å²) in [7, 11) is 0. The standard InChI is InChI=1S/C15H15F3N2O/c1-9-6-14(7-9,8-19)13(21)20-11-4-3-10(2)12(5-11)15(16,17)18/h3-5,9H,6-7H2,1-2H3,(H,20,21). The average Bonchev–Trinajstić information content (AvgIpc) is 2.35. The van der Waals surface area contributed by atoms with Gasteiger partial charge in [-0.05, 0) is 43.4 Å². The molecule has 1 aromatic rings. The number of alkyl halides is 3. The highest BCUT2D eigenvalue weighted by molar-refractivity contribution is 5.98. The Morgan fingerprint density at radius 1 is 1.43 bits per heavy atom. The molecule has 0 bridgehead atoms. The molecule has 0 aromatic heterocycles. The van der Waals surface area contributed by atoms with E-state index in [2.05, 4.69) is 5.32 Å². The fourth-order valence-corrected chi connectivity index (χ4v) is 2.71. The van der Waals surface area contributed by atoms with Gasteiger partial charge in [0, 0.05) is 5.69 Å². The third-order valence-electron chi connectivity index (χ3n) is 3.84. The molecule has 1 N–H and O–H groups in total. The van der Waals surface area contributed by atoms with E-state index in [4.69, 9.17) is 5.26 Å². The number of amides is 1. The van der Waals surface area contributed by atoms with Crippen molar-refractivity contribution in [3.63, 3.8) is 0 Å². The Balaban J connectivity index is 2.21. The minimum Gasteiger partial charge on any atom is -0.325 e. The van der Waals surface area contributed by atoms with Crippen LogP contribution in [0.4, 0.5) is 18.9 Å². The van der Waals surface area contributed by atoms with Crippen LogP contribution in [0, 0.1) is 29.6 Å². The van der Waals surface area contributed by atoms with Crippen molar-refractivity contribution in [2.45, 2.75) is 32.9 Å². The van der Waals surface area contributed by atoms with Crippen molar-refractivity contribution >= 4 is 11.6 Å². The maximum absolute atomic E-state index is 12.8. The van der Waals surface area contributed by atoms with E-state index >= 15 is 0 Å². The second-order valence-corrected chi connectivity index (χ2v) is 5.69. The zero-order valence-electron chi connectivity index (χ0n) is 11.7. The van der Waals surface area contributed by atoms with Crippen LogP contribution in [0.15, 0.2) is 18.2 Å². The van der Waals surface area contributed by atoms with E-state index in [1.54, 1.807) is 0 Å². The number of anilines is 1. The molecule has 0 radical (unpaired) electrons. The summed E-state index contributed by atoms with van der Waals surface area (Å²) in [6.45, 7) is 3.29. The number of halogens is 3. The summed E-state index contributed by atoms with van der Waals surface area (Å²) in [5.74, 6) is -0.251. The van der Waals surface area contributed by atoms with Gasteiger partial charge in [-0.25, -0.2) is 0 Å². The van der Waals surface area contributed by atoms with Gasteiger partial charge in [-0.15, -0.1) is 0 Å². The topological polar surface area (TPSA) is 52.9 Å². The van der Waals surface area contributed by atoms with Crippen molar-refractivity contribution in [3.8, 4) is 6.07 Å². The van der Waals surface area contributed by atoms with Crippen LogP contribution in [0.25, 0.3) is 0 Å². The predicted octanol–water partition coefficient (Wildman–Crippen LogP) is 3.89. The van der Waals surface area contributed by atoms with Crippen LogP contribution < -0.4 is 5.32 Å². The molecule has 6 heteroatoms. The Bertz CT molecular complexity index is 610. The number of hydrogen-bond donors (Lipinski definition) is 1. The van der Waals surface area contributed by atoms with E-state index in [9.17, 15) is 18.0 Å². The molecule has 2 rings (SSSR count). The van der Waals surface area contributed by atoms with E-state index in [0.717, 1.165) is 6.07 Å². The van der Waals surface area contributed by atoms with Crippen molar-refractivity contribution in [3.05, 3.63) is 29.3 Å². The first-order valence-electron chi connectivity index (χ1n) is 6.58. The summed E-state index contributed by atoms with van der Waals surface area (Å²) in [5, 5.41) is 11.6. The lowest BCUT2D eigenvalue weighted by Crippen LogP contribution is -2.45. The van der Waals surface area contributed by atoms with E-state index in [1.807, 2.05) is 13.0 Å². The van der Waals surface area contributed by atoms with Crippen LogP contribution in [-0.2, 0) is 11.0 Å². The van der Waals surface area contributed by atoms with Crippen LogP contribution in [0.5, 0.6) is 0 Å². The number of nitrogens with zero attached hydrogens (tertiary/aromatic N) is 1. The number of rotatable bonds is 2. The lowest BCUT2D eigenvalue weighted by molar-refractivity contribution is -0.138. The van der Waals surface area contributed by atoms with E-state index in [1.165, 1.54) is 19.1 Å². The van der Waals surface area contributed by atoms with Gasteiger partial charge in [0.25, 0.3) is 0 Å². The zero-order valence-corrected chi connectivity index (χ0v) is 11.7. The third kappa shape index (κ3) is 2.87. The third-order valence-corrected chi connectivity index (χ3v) is 3.84. The number of carbonyl (C=O) groups excluding carboxylic acids is 1. The summed E-state index contributed by atoms with van der Waals surface area (Å²) < 4.78 is 38.5. The second-order valence-electron chi connectivity index (χ2n) is 5.69. The van der Waals surface area contributed by atoms with Crippen molar-refractivity contribution in [1.82, 2.24) is 0 Å². The van der Waals surface area contributed by atoms with Gasteiger partial charge in [0.05, 0.1) is 11.6 Å². The van der Waals surface area contributed by atoms with Crippen LogP contribution in [-0.4, -0.2) is 5.91 Å². The molecule has 1 aromatic carbocycles. The molecule has 1 fully saturated rings. The Morgan fingerprint density at radius 3 is 2.52 bits per heavy atom. The highest BCUT2D eigenvalue weighted by Crippen LogP contribution is 2.45. The number of aryl methyl sites for hydroxylation is 1. The highest BCUT2D eigenvalue weighted by Gasteiger charge is 2.49. The van der Waals surface area contributed by atoms with Gasteiger partial charge in [-0.2, -0.15) is 18.4 Å². The number of nitriles is 1. The number of hydrogen-bond acceptors (Lipinski definition) is 2. The van der Waals surface area contributed by atoms with E-state index < -0.39 is 23.1 Å². The van der Waals surface area contributed by atoms with Crippen LogP contribution in [0.1, 0.15) is 30.9 Å². The molecule has 21 heavy (non-hydrogen) atoms. The summed E-state index contributed by atoms with van der Waals surface area (Å²) in [5.41, 5.74) is -1.74. The molecule has 0 aliphatic heterocycles. The molecular weight excluding hydrogens is 281 g/mol. The lowest BCUT2D eigenvalue weighted by Gasteiger charge is -2.39. The van der Waals surface area contributed by atoms with Gasteiger partial charge in [0.15, 0.2) is 0 Å². The normalized spacial score (nSPS) is 24.9. The molecule has 0 spiro atoms. The molecule has 0 unspecified atom stereocenters. The number of carbonyl (C=O) groups is 1. The largest absolute Gasteiger partial charge is 0.416 e. The Hall–Kier alpha value is -2.03. The SMILES string of the molecule is Cc1ccc(NC(=O)C2(C#N)CC(C)C2)cc1C(F)(F)F. The predicted molar refractivity (Wildman–Crippen MR) is 71.3 cm³/mol. The fraction of sp³-hybridized carbons (Fsp3) is 0.467. The molecule has 3 nitrogen and oxygen atoms in total.